The summed E-state index contributed by atoms with van der Waals surface area (Å²) in [4.78, 5) is -0.141. The lowest BCUT2D eigenvalue weighted by Crippen LogP contribution is -2.68. The zero-order valence-corrected chi connectivity index (χ0v) is 28.9. The van der Waals surface area contributed by atoms with E-state index in [2.05, 4.69) is 61.0 Å². The van der Waals surface area contributed by atoms with Gasteiger partial charge in [0.05, 0.1) is 0 Å². The van der Waals surface area contributed by atoms with Gasteiger partial charge in [-0.3, -0.25) is 0 Å². The second-order valence-corrected chi connectivity index (χ2v) is 18.3. The Kier molecular flexibility index (Phi) is 8.46. The van der Waals surface area contributed by atoms with Crippen LogP contribution in [0.4, 0.5) is 8.78 Å². The first-order valence-corrected chi connectivity index (χ1v) is 18.3. The highest BCUT2D eigenvalue weighted by atomic mass is 79.9. The van der Waals surface area contributed by atoms with Crippen LogP contribution < -0.4 is 19.5 Å². The molecule has 5 aromatic carbocycles. The van der Waals surface area contributed by atoms with Crippen molar-refractivity contribution in [2.24, 2.45) is 0 Å². The van der Waals surface area contributed by atoms with Crippen LogP contribution in [-0.4, -0.2) is 8.32 Å². The molecule has 0 N–H and O–H groups in total. The first kappa shape index (κ1) is 31.2. The van der Waals surface area contributed by atoms with E-state index in [-0.39, 0.29) is 21.2 Å². The van der Waals surface area contributed by atoms with Crippen LogP contribution in [0.3, 0.4) is 0 Å². The molecule has 0 aliphatic rings. The van der Waals surface area contributed by atoms with Gasteiger partial charge in [0.15, 0.2) is 5.75 Å². The third-order valence-electron chi connectivity index (χ3n) is 8.11. The van der Waals surface area contributed by atoms with Gasteiger partial charge in [-0.2, -0.15) is 8.78 Å². The number of halogens is 3. The fourth-order valence-corrected chi connectivity index (χ4v) is 11.7. The number of alkyl halides is 2. The summed E-state index contributed by atoms with van der Waals surface area (Å²) < 4.78 is 48.0. The van der Waals surface area contributed by atoms with E-state index in [9.17, 15) is 0 Å². The predicted molar refractivity (Wildman–Crippen MR) is 188 cm³/mol. The highest BCUT2D eigenvalue weighted by molar-refractivity contribution is 9.10. The molecule has 2 nitrogen and oxygen atoms in total. The molecule has 0 bridgehead atoms. The monoisotopic (exact) mass is 698 g/mol. The molecular weight excluding hydrogens is 666 g/mol. The summed E-state index contributed by atoms with van der Waals surface area (Å²) in [5, 5.41) is 2.64. The molecule has 0 saturated heterocycles. The minimum atomic E-state index is -3.28. The Bertz CT molecular complexity index is 1900. The summed E-state index contributed by atoms with van der Waals surface area (Å²) in [7, 11) is -2.93. The van der Waals surface area contributed by atoms with E-state index in [0.717, 1.165) is 26.2 Å². The molecule has 6 aromatic rings. The molecule has 0 radical (unpaired) electrons. The molecule has 1 aromatic heterocycles. The average Bonchev–Trinajstić information content (AvgIpc) is 3.39. The first-order chi connectivity index (χ1) is 21.5. The van der Waals surface area contributed by atoms with Crippen molar-refractivity contribution in [2.45, 2.75) is 38.7 Å². The quantitative estimate of drug-likeness (QED) is 0.147. The maximum absolute atomic E-state index is 16.5. The van der Waals surface area contributed by atoms with Crippen LogP contribution >= 0.6 is 27.3 Å². The number of ether oxygens (including phenoxy) is 1. The molecular formula is C38H33BrF2O2SSi. The largest absolute Gasteiger partial charge is 0.534 e. The van der Waals surface area contributed by atoms with Gasteiger partial charge in [0.25, 0.3) is 0 Å². The topological polar surface area (TPSA) is 18.5 Å². The average molecular weight is 700 g/mol. The van der Waals surface area contributed by atoms with Crippen LogP contribution in [0.5, 0.6) is 17.2 Å². The summed E-state index contributed by atoms with van der Waals surface area (Å²) in [5.74, 6) is -2.01. The minimum absolute atomic E-state index is 0.0407. The lowest BCUT2D eigenvalue weighted by atomic mass is 10.0. The zero-order chi connectivity index (χ0) is 31.8. The van der Waals surface area contributed by atoms with Gasteiger partial charge in [-0.05, 0) is 70.4 Å². The van der Waals surface area contributed by atoms with Gasteiger partial charge in [-0.25, -0.2) is 0 Å². The van der Waals surface area contributed by atoms with Crippen molar-refractivity contribution in [1.82, 2.24) is 0 Å². The van der Waals surface area contributed by atoms with Crippen LogP contribution in [0.25, 0.3) is 10.1 Å². The molecule has 0 unspecified atom stereocenters. The van der Waals surface area contributed by atoms with Gasteiger partial charge in [-0.1, -0.05) is 122 Å². The minimum Gasteiger partial charge on any atom is -0.534 e. The predicted octanol–water partition coefficient (Wildman–Crippen LogP) is 10.8. The van der Waals surface area contributed by atoms with Gasteiger partial charge in [-0.15, -0.1) is 11.3 Å². The molecule has 0 atom stereocenters. The maximum atomic E-state index is 16.5. The van der Waals surface area contributed by atoms with Crippen LogP contribution in [0.15, 0.2) is 132 Å². The number of hydrogen-bond donors (Lipinski definition) is 0. The molecule has 0 fully saturated rings. The molecule has 7 heteroatoms. The van der Waals surface area contributed by atoms with E-state index >= 15 is 8.78 Å². The van der Waals surface area contributed by atoms with Gasteiger partial charge < -0.3 is 9.16 Å². The molecule has 0 aliphatic carbocycles. The summed E-state index contributed by atoms with van der Waals surface area (Å²) in [6, 6.07) is 40.2. The van der Waals surface area contributed by atoms with Crippen molar-refractivity contribution in [1.29, 1.82) is 0 Å². The van der Waals surface area contributed by atoms with E-state index in [4.69, 9.17) is 9.16 Å². The van der Waals surface area contributed by atoms with E-state index in [1.807, 2.05) is 66.7 Å². The molecule has 1 heterocycles. The number of benzene rings is 5. The first-order valence-electron chi connectivity index (χ1n) is 14.7. The van der Waals surface area contributed by atoms with E-state index < -0.39 is 14.2 Å². The van der Waals surface area contributed by atoms with E-state index in [1.54, 1.807) is 37.3 Å². The van der Waals surface area contributed by atoms with Crippen LogP contribution in [-0.2, 0) is 5.92 Å². The highest BCUT2D eigenvalue weighted by Crippen LogP contribution is 2.52. The Morgan fingerprint density at radius 3 is 1.82 bits per heavy atom. The number of thiophene rings is 1. The van der Waals surface area contributed by atoms with Crippen molar-refractivity contribution in [3.05, 3.63) is 148 Å². The summed E-state index contributed by atoms with van der Waals surface area (Å²) in [6.07, 6.45) is 0. The highest BCUT2D eigenvalue weighted by Gasteiger charge is 2.52. The van der Waals surface area contributed by atoms with Gasteiger partial charge in [0.2, 0.25) is 0 Å². The molecule has 45 heavy (non-hydrogen) atoms. The summed E-state index contributed by atoms with van der Waals surface area (Å²) in [5.41, 5.74) is 0.478. The maximum Gasteiger partial charge on any atom is 0.319 e. The summed E-state index contributed by atoms with van der Waals surface area (Å²) in [6.45, 7) is 8.36. The van der Waals surface area contributed by atoms with E-state index in [0.29, 0.717) is 27.1 Å². The SMILES string of the molecule is Cc1ccccc1C(F)(F)c1sc2cc(O[Si](c3ccccc3)(c3ccccc3)C(C)(C)C)ccc2c1Oc1ccc(Br)cc1. The Morgan fingerprint density at radius 1 is 0.689 bits per heavy atom. The molecule has 0 saturated carbocycles. The Hall–Kier alpha value is -3.78. The third kappa shape index (κ3) is 5.85. The van der Waals surface area contributed by atoms with Crippen molar-refractivity contribution in [2.75, 3.05) is 0 Å². The summed E-state index contributed by atoms with van der Waals surface area (Å²) >= 11 is 4.49. The van der Waals surface area contributed by atoms with Crippen LogP contribution in [0.2, 0.25) is 5.04 Å². The molecule has 228 valence electrons. The molecule has 0 amide bonds. The fraction of sp³-hybridized carbons (Fsp3) is 0.158. The standard InChI is InChI=1S/C38H33BrF2O2SSi/c1-26-13-11-12-18-33(26)38(40,41)36-35(42-28-21-19-27(39)20-22-28)32-24-23-29(25-34(32)44-36)43-45(37(2,3)4,30-14-7-5-8-15-30)31-16-9-6-10-17-31/h5-25H,1-4H3. The van der Waals surface area contributed by atoms with E-state index in [1.165, 1.54) is 6.07 Å². The van der Waals surface area contributed by atoms with Crippen LogP contribution in [0.1, 0.15) is 36.8 Å². The Balaban J connectivity index is 1.53. The van der Waals surface area contributed by atoms with Crippen molar-refractivity contribution >= 4 is 56.0 Å². The van der Waals surface area contributed by atoms with Crippen molar-refractivity contribution in [3.63, 3.8) is 0 Å². The van der Waals surface area contributed by atoms with Gasteiger partial charge in [0, 0.05) is 20.1 Å². The molecule has 0 aliphatic heterocycles. The third-order valence-corrected chi connectivity index (χ3v) is 14.8. The Morgan fingerprint density at radius 2 is 1.24 bits per heavy atom. The van der Waals surface area contributed by atoms with Crippen LogP contribution in [0, 0.1) is 6.92 Å². The van der Waals surface area contributed by atoms with Crippen molar-refractivity contribution < 1.29 is 17.9 Å². The number of fused-ring (bicyclic) bond motifs is 1. The lowest BCUT2D eigenvalue weighted by molar-refractivity contribution is 0.0444. The number of aryl methyl sites for hydroxylation is 1. The van der Waals surface area contributed by atoms with Gasteiger partial charge in [0.1, 0.15) is 16.4 Å². The molecule has 0 spiro atoms. The Labute approximate surface area is 276 Å². The lowest BCUT2D eigenvalue weighted by Gasteiger charge is -2.43. The second-order valence-electron chi connectivity index (χ2n) is 12.1. The smallest absolute Gasteiger partial charge is 0.319 e. The molecule has 6 rings (SSSR count). The zero-order valence-electron chi connectivity index (χ0n) is 25.5. The number of hydrogen-bond acceptors (Lipinski definition) is 3. The van der Waals surface area contributed by atoms with Gasteiger partial charge >= 0.3 is 14.2 Å². The fourth-order valence-electron chi connectivity index (χ4n) is 5.92. The normalized spacial score (nSPS) is 12.3. The second kappa shape index (κ2) is 12.2. The van der Waals surface area contributed by atoms with Crippen molar-refractivity contribution in [3.8, 4) is 17.2 Å². The number of rotatable bonds is 8.